The van der Waals surface area contributed by atoms with Gasteiger partial charge < -0.3 is 14.8 Å². The number of rotatable bonds is 5. The zero-order valence-electron chi connectivity index (χ0n) is 12.9. The van der Waals surface area contributed by atoms with E-state index in [0.717, 1.165) is 38.4 Å². The van der Waals surface area contributed by atoms with Gasteiger partial charge in [-0.1, -0.05) is 12.5 Å². The summed E-state index contributed by atoms with van der Waals surface area (Å²) in [6.45, 7) is 0. The van der Waals surface area contributed by atoms with Crippen molar-refractivity contribution >= 4 is 28.5 Å². The predicted molar refractivity (Wildman–Crippen MR) is 86.1 cm³/mol. The monoisotopic (exact) mass is 341 g/mol. The third-order valence-corrected chi connectivity index (χ3v) is 4.23. The first-order valence-corrected chi connectivity index (χ1v) is 9.34. The molecule has 1 aliphatic rings. The third-order valence-electron chi connectivity index (χ3n) is 3.67. The van der Waals surface area contributed by atoms with Crippen LogP contribution in [0.15, 0.2) is 18.2 Å². The van der Waals surface area contributed by atoms with Gasteiger partial charge in [-0.25, -0.2) is 13.1 Å². The highest BCUT2D eigenvalue weighted by atomic mass is 32.2. The number of hydrogen-bond donors (Lipinski definition) is 3. The van der Waals surface area contributed by atoms with E-state index in [1.54, 1.807) is 0 Å². The van der Waals surface area contributed by atoms with Gasteiger partial charge in [0.1, 0.15) is 5.75 Å². The van der Waals surface area contributed by atoms with E-state index in [1.165, 1.54) is 18.2 Å². The molecule has 126 valence electrons. The zero-order valence-corrected chi connectivity index (χ0v) is 13.7. The van der Waals surface area contributed by atoms with E-state index in [1.807, 2.05) is 4.72 Å². The predicted octanol–water partition coefficient (Wildman–Crippen LogP) is -0.233. The first-order chi connectivity index (χ1) is 10.8. The van der Waals surface area contributed by atoms with E-state index in [0.29, 0.717) is 0 Å². The maximum atomic E-state index is 12.1. The second kappa shape index (κ2) is 7.33. The summed E-state index contributed by atoms with van der Waals surface area (Å²) >= 11 is 0. The zero-order chi connectivity index (χ0) is 17.0. The van der Waals surface area contributed by atoms with Crippen molar-refractivity contribution in [2.75, 3.05) is 6.26 Å². The van der Waals surface area contributed by atoms with Crippen LogP contribution < -0.4 is 14.9 Å². The number of amides is 1. The number of hydrogen-bond acceptors (Lipinski definition) is 6. The summed E-state index contributed by atoms with van der Waals surface area (Å²) in [5.41, 5.74) is 0.220. The Morgan fingerprint density at radius 3 is 2.48 bits per heavy atom. The molecule has 0 radical (unpaired) electrons. The molecule has 1 aromatic carbocycles. The van der Waals surface area contributed by atoms with Crippen LogP contribution in [-0.2, 0) is 10.0 Å². The van der Waals surface area contributed by atoms with Crippen LogP contribution in [0, 0.1) is 0 Å². The van der Waals surface area contributed by atoms with Crippen LogP contribution in [0.2, 0.25) is 0 Å². The fraction of sp³-hybridized carbons (Fsp3) is 0.500. The molecule has 0 spiro atoms. The van der Waals surface area contributed by atoms with Crippen LogP contribution in [0.25, 0.3) is 0 Å². The van der Waals surface area contributed by atoms with Crippen molar-refractivity contribution in [2.24, 2.45) is 0 Å². The molecule has 9 heteroatoms. The van der Waals surface area contributed by atoms with Crippen LogP contribution in [0.1, 0.15) is 42.5 Å². The van der Waals surface area contributed by atoms with Crippen LogP contribution in [0.5, 0.6) is 5.75 Å². The lowest BCUT2D eigenvalue weighted by atomic mass is 9.80. The Bertz CT molecular complexity index is 670. The molecule has 1 fully saturated rings. The summed E-state index contributed by atoms with van der Waals surface area (Å²) in [7, 11) is -5.40. The molecule has 7 nitrogen and oxygen atoms in total. The maximum Gasteiger partial charge on any atom is 0.488 e. The topological polar surface area (TPSA) is 113 Å². The van der Waals surface area contributed by atoms with Crippen molar-refractivity contribution in [1.29, 1.82) is 0 Å². The molecule has 1 aromatic rings. The largest absolute Gasteiger partial charge is 0.490 e. The Hall–Kier alpha value is -1.58. The molecule has 1 saturated carbocycles. The third kappa shape index (κ3) is 5.23. The summed E-state index contributed by atoms with van der Waals surface area (Å²) in [6, 6.07) is 4.03. The molecule has 3 N–H and O–H groups in total. The highest BCUT2D eigenvalue weighted by Crippen LogP contribution is 2.25. The summed E-state index contributed by atoms with van der Waals surface area (Å²) in [5.74, 6) is -0.652. The van der Waals surface area contributed by atoms with Gasteiger partial charge in [-0.05, 0) is 43.3 Å². The molecule has 0 aromatic heterocycles. The lowest BCUT2D eigenvalue weighted by Gasteiger charge is -2.24. The van der Waals surface area contributed by atoms with Gasteiger partial charge in [-0.2, -0.15) is 0 Å². The number of benzene rings is 1. The molecule has 1 amide bonds. The number of nitrogens with one attached hydrogen (secondary N) is 1. The van der Waals surface area contributed by atoms with Crippen molar-refractivity contribution in [1.82, 2.24) is 4.72 Å². The van der Waals surface area contributed by atoms with Gasteiger partial charge in [-0.15, -0.1) is 0 Å². The molecule has 0 aliphatic heterocycles. The fourth-order valence-corrected chi connectivity index (χ4v) is 3.02. The SMILES string of the molecule is CS(=O)(=O)NC(=O)c1ccc(B(O)O)cc1OC1CCCCC1. The first kappa shape index (κ1) is 17.8. The van der Waals surface area contributed by atoms with E-state index in [2.05, 4.69) is 0 Å². The van der Waals surface area contributed by atoms with E-state index in [4.69, 9.17) is 4.74 Å². The van der Waals surface area contributed by atoms with Crippen LogP contribution in [-0.4, -0.2) is 43.9 Å². The molecule has 23 heavy (non-hydrogen) atoms. The normalized spacial score (nSPS) is 16.0. The molecule has 0 unspecified atom stereocenters. The quantitative estimate of drug-likeness (QED) is 0.638. The second-order valence-electron chi connectivity index (χ2n) is 5.71. The second-order valence-corrected chi connectivity index (χ2v) is 7.46. The Labute approximate surface area is 135 Å². The van der Waals surface area contributed by atoms with Crippen molar-refractivity contribution in [2.45, 2.75) is 38.2 Å². The highest BCUT2D eigenvalue weighted by molar-refractivity contribution is 7.89. The van der Waals surface area contributed by atoms with Crippen molar-refractivity contribution < 1.29 is 28.0 Å². The molecule has 0 atom stereocenters. The summed E-state index contributed by atoms with van der Waals surface area (Å²) in [5, 5.41) is 18.5. The first-order valence-electron chi connectivity index (χ1n) is 7.45. The van der Waals surface area contributed by atoms with Crippen LogP contribution in [0.4, 0.5) is 0 Å². The molecule has 0 saturated heterocycles. The van der Waals surface area contributed by atoms with Crippen molar-refractivity contribution in [3.8, 4) is 5.75 Å². The van der Waals surface area contributed by atoms with Gasteiger partial charge in [0.05, 0.1) is 17.9 Å². The molecular weight excluding hydrogens is 321 g/mol. The van der Waals surface area contributed by atoms with Crippen LogP contribution in [0.3, 0.4) is 0 Å². The fourth-order valence-electron chi connectivity index (χ4n) is 2.57. The average molecular weight is 341 g/mol. The van der Waals surface area contributed by atoms with Crippen molar-refractivity contribution in [3.63, 3.8) is 0 Å². The van der Waals surface area contributed by atoms with E-state index >= 15 is 0 Å². The van der Waals surface area contributed by atoms with Gasteiger partial charge in [0.25, 0.3) is 5.91 Å². The van der Waals surface area contributed by atoms with E-state index in [9.17, 15) is 23.3 Å². The molecule has 2 rings (SSSR count). The smallest absolute Gasteiger partial charge is 0.488 e. The Balaban J connectivity index is 2.30. The lowest BCUT2D eigenvalue weighted by molar-refractivity contribution is 0.0969. The molecule has 0 heterocycles. The van der Waals surface area contributed by atoms with Gasteiger partial charge in [-0.3, -0.25) is 4.79 Å². The minimum absolute atomic E-state index is 0.0467. The van der Waals surface area contributed by atoms with Gasteiger partial charge >= 0.3 is 7.12 Å². The standard InChI is InChI=1S/C14H20BNO6S/c1-23(20,21)16-14(17)12-8-7-10(15(18)19)9-13(12)22-11-5-3-2-4-6-11/h7-9,11,18-19H,2-6H2,1H3,(H,16,17). The number of carbonyl (C=O) groups is 1. The lowest BCUT2D eigenvalue weighted by Crippen LogP contribution is -2.33. The number of ether oxygens (including phenoxy) is 1. The van der Waals surface area contributed by atoms with Crippen molar-refractivity contribution in [3.05, 3.63) is 23.8 Å². The minimum atomic E-state index is -3.70. The van der Waals surface area contributed by atoms with Gasteiger partial charge in [0.15, 0.2) is 0 Å². The van der Waals surface area contributed by atoms with Crippen LogP contribution >= 0.6 is 0 Å². The van der Waals surface area contributed by atoms with Gasteiger partial charge in [0.2, 0.25) is 10.0 Å². The van der Waals surface area contributed by atoms with Gasteiger partial charge in [0, 0.05) is 0 Å². The minimum Gasteiger partial charge on any atom is -0.490 e. The average Bonchev–Trinajstić information content (AvgIpc) is 2.46. The number of carbonyl (C=O) groups excluding carboxylic acids is 1. The maximum absolute atomic E-state index is 12.1. The van der Waals surface area contributed by atoms with E-state index in [-0.39, 0.29) is 22.9 Å². The Kier molecular flexibility index (Phi) is 5.66. The highest BCUT2D eigenvalue weighted by Gasteiger charge is 2.23. The Morgan fingerprint density at radius 1 is 1.26 bits per heavy atom. The number of sulfonamides is 1. The summed E-state index contributed by atoms with van der Waals surface area (Å²) in [4.78, 5) is 12.1. The summed E-state index contributed by atoms with van der Waals surface area (Å²) < 4.78 is 30.2. The molecular formula is C14H20BNO6S. The molecule has 0 bridgehead atoms. The van der Waals surface area contributed by atoms with E-state index < -0.39 is 23.0 Å². The summed E-state index contributed by atoms with van der Waals surface area (Å²) in [6.07, 6.45) is 5.70. The molecule has 1 aliphatic carbocycles. The Morgan fingerprint density at radius 2 is 1.91 bits per heavy atom.